The van der Waals surface area contributed by atoms with Gasteiger partial charge in [0.25, 0.3) is 0 Å². The first-order valence-corrected chi connectivity index (χ1v) is 10.4. The Morgan fingerprint density at radius 1 is 0.933 bits per heavy atom. The molecule has 0 saturated heterocycles. The Labute approximate surface area is 176 Å². The van der Waals surface area contributed by atoms with Gasteiger partial charge < -0.3 is 18.8 Å². The fourth-order valence-electron chi connectivity index (χ4n) is 3.25. The summed E-state index contributed by atoms with van der Waals surface area (Å²) in [5.41, 5.74) is 1.65. The second kappa shape index (κ2) is 8.16. The van der Waals surface area contributed by atoms with Crippen LogP contribution in [-0.2, 0) is 13.1 Å². The first-order valence-electron chi connectivity index (χ1n) is 9.50. The van der Waals surface area contributed by atoms with Gasteiger partial charge in [0.1, 0.15) is 19.0 Å². The van der Waals surface area contributed by atoms with Crippen LogP contribution in [0.3, 0.4) is 0 Å². The van der Waals surface area contributed by atoms with Gasteiger partial charge in [0, 0.05) is 22.2 Å². The van der Waals surface area contributed by atoms with E-state index < -0.39 is 0 Å². The normalized spacial score (nSPS) is 12.7. The minimum Gasteiger partial charge on any atom is -0.486 e. The molecule has 5 rings (SSSR count). The molecular weight excluding hydrogens is 405 g/mol. The molecule has 0 N–H and O–H groups in total. The SMILES string of the molecule is Fc1ccc(-c2nnc(CN(Cc3cccs3)c3ccc4c(c3)OCCO4)o2)cc1. The number of hydrogen-bond donors (Lipinski definition) is 0. The zero-order valence-corrected chi connectivity index (χ0v) is 16.8. The van der Waals surface area contributed by atoms with Crippen LogP contribution in [-0.4, -0.2) is 23.4 Å². The van der Waals surface area contributed by atoms with E-state index in [-0.39, 0.29) is 5.82 Å². The number of nitrogens with zero attached hydrogens (tertiary/aromatic N) is 3. The maximum Gasteiger partial charge on any atom is 0.247 e. The van der Waals surface area contributed by atoms with Gasteiger partial charge in [0.2, 0.25) is 11.8 Å². The highest BCUT2D eigenvalue weighted by atomic mass is 32.1. The molecule has 1 aliphatic heterocycles. The van der Waals surface area contributed by atoms with E-state index in [1.165, 1.54) is 17.0 Å². The van der Waals surface area contributed by atoms with Gasteiger partial charge in [-0.2, -0.15) is 0 Å². The lowest BCUT2D eigenvalue weighted by atomic mass is 10.2. The number of aromatic nitrogens is 2. The average Bonchev–Trinajstić information content (AvgIpc) is 3.46. The van der Waals surface area contributed by atoms with Crippen molar-refractivity contribution in [2.45, 2.75) is 13.1 Å². The molecule has 8 heteroatoms. The van der Waals surface area contributed by atoms with Crippen LogP contribution in [0.15, 0.2) is 64.4 Å². The van der Waals surface area contributed by atoms with Gasteiger partial charge in [0.15, 0.2) is 11.5 Å². The van der Waals surface area contributed by atoms with E-state index in [1.807, 2.05) is 24.3 Å². The number of thiophene rings is 1. The Kier molecular flexibility index (Phi) is 5.06. The third-order valence-corrected chi connectivity index (χ3v) is 5.56. The number of halogens is 1. The predicted octanol–water partition coefficient (Wildman–Crippen LogP) is 4.92. The van der Waals surface area contributed by atoms with Crippen LogP contribution in [0.5, 0.6) is 11.5 Å². The van der Waals surface area contributed by atoms with E-state index in [0.717, 1.165) is 17.2 Å². The van der Waals surface area contributed by atoms with E-state index in [2.05, 4.69) is 26.5 Å². The second-order valence-corrected chi connectivity index (χ2v) is 7.80. The zero-order valence-electron chi connectivity index (χ0n) is 16.0. The van der Waals surface area contributed by atoms with E-state index >= 15 is 0 Å². The molecule has 2 aromatic heterocycles. The van der Waals surface area contributed by atoms with Crippen LogP contribution >= 0.6 is 11.3 Å². The highest BCUT2D eigenvalue weighted by Gasteiger charge is 2.18. The summed E-state index contributed by atoms with van der Waals surface area (Å²) in [5.74, 6) is 2.01. The molecule has 152 valence electrons. The molecule has 0 aliphatic carbocycles. The van der Waals surface area contributed by atoms with Crippen LogP contribution in [0.2, 0.25) is 0 Å². The summed E-state index contributed by atoms with van der Waals surface area (Å²) in [6.07, 6.45) is 0. The van der Waals surface area contributed by atoms with Gasteiger partial charge in [-0.1, -0.05) is 6.07 Å². The lowest BCUT2D eigenvalue weighted by Crippen LogP contribution is -2.22. The van der Waals surface area contributed by atoms with Gasteiger partial charge in [-0.15, -0.1) is 21.5 Å². The Hall–Kier alpha value is -3.39. The van der Waals surface area contributed by atoms with E-state index in [1.54, 1.807) is 23.5 Å². The summed E-state index contributed by atoms with van der Waals surface area (Å²) >= 11 is 1.69. The van der Waals surface area contributed by atoms with Crippen molar-refractivity contribution in [3.63, 3.8) is 0 Å². The lowest BCUT2D eigenvalue weighted by molar-refractivity contribution is 0.171. The van der Waals surface area contributed by atoms with Gasteiger partial charge in [-0.3, -0.25) is 0 Å². The number of anilines is 1. The average molecular weight is 423 g/mol. The number of ether oxygens (including phenoxy) is 2. The zero-order chi connectivity index (χ0) is 20.3. The minimum atomic E-state index is -0.306. The molecule has 6 nitrogen and oxygen atoms in total. The van der Waals surface area contributed by atoms with Crippen LogP contribution < -0.4 is 14.4 Å². The second-order valence-electron chi connectivity index (χ2n) is 6.77. The molecule has 0 saturated carbocycles. The van der Waals surface area contributed by atoms with Crippen LogP contribution in [0.1, 0.15) is 10.8 Å². The molecule has 4 aromatic rings. The lowest BCUT2D eigenvalue weighted by Gasteiger charge is -2.25. The van der Waals surface area contributed by atoms with Crippen LogP contribution in [0.25, 0.3) is 11.5 Å². The number of rotatable bonds is 6. The van der Waals surface area contributed by atoms with Crippen LogP contribution in [0.4, 0.5) is 10.1 Å². The summed E-state index contributed by atoms with van der Waals surface area (Å²) in [6.45, 7) is 2.20. The third-order valence-electron chi connectivity index (χ3n) is 4.70. The van der Waals surface area contributed by atoms with Crippen molar-refractivity contribution in [1.29, 1.82) is 0 Å². The van der Waals surface area contributed by atoms with E-state index in [0.29, 0.717) is 43.6 Å². The predicted molar refractivity (Wildman–Crippen MR) is 111 cm³/mol. The molecular formula is C22H18FN3O3S. The number of hydrogen-bond acceptors (Lipinski definition) is 7. The van der Waals surface area contributed by atoms with Gasteiger partial charge in [0.05, 0.1) is 13.1 Å². The minimum absolute atomic E-state index is 0.306. The molecule has 0 spiro atoms. The molecule has 3 heterocycles. The molecule has 0 atom stereocenters. The maximum atomic E-state index is 13.2. The quantitative estimate of drug-likeness (QED) is 0.439. The summed E-state index contributed by atoms with van der Waals surface area (Å²) in [4.78, 5) is 3.36. The van der Waals surface area contributed by atoms with Crippen molar-refractivity contribution >= 4 is 17.0 Å². The monoisotopic (exact) mass is 423 g/mol. The Bertz CT molecular complexity index is 1130. The summed E-state index contributed by atoms with van der Waals surface area (Å²) < 4.78 is 30.4. The molecule has 1 aliphatic rings. The Morgan fingerprint density at radius 3 is 2.57 bits per heavy atom. The summed E-state index contributed by atoms with van der Waals surface area (Å²) in [6, 6.07) is 16.0. The highest BCUT2D eigenvalue weighted by molar-refractivity contribution is 7.09. The molecule has 0 amide bonds. The number of benzene rings is 2. The van der Waals surface area contributed by atoms with Crippen molar-refractivity contribution in [2.24, 2.45) is 0 Å². The fourth-order valence-corrected chi connectivity index (χ4v) is 3.97. The fraction of sp³-hybridized carbons (Fsp3) is 0.182. The van der Waals surface area contributed by atoms with Crippen molar-refractivity contribution in [3.05, 3.63) is 76.6 Å². The molecule has 0 fully saturated rings. The maximum absolute atomic E-state index is 13.2. The smallest absolute Gasteiger partial charge is 0.247 e. The van der Waals surface area contributed by atoms with E-state index in [9.17, 15) is 4.39 Å². The highest BCUT2D eigenvalue weighted by Crippen LogP contribution is 2.35. The van der Waals surface area contributed by atoms with Crippen molar-refractivity contribution in [1.82, 2.24) is 10.2 Å². The summed E-state index contributed by atoms with van der Waals surface area (Å²) in [5, 5.41) is 10.4. The van der Waals surface area contributed by atoms with E-state index in [4.69, 9.17) is 13.9 Å². The largest absolute Gasteiger partial charge is 0.486 e. The molecule has 30 heavy (non-hydrogen) atoms. The Morgan fingerprint density at radius 2 is 1.77 bits per heavy atom. The Balaban J connectivity index is 1.42. The van der Waals surface area contributed by atoms with Crippen LogP contribution in [0, 0.1) is 5.82 Å². The molecule has 2 aromatic carbocycles. The number of fused-ring (bicyclic) bond motifs is 1. The van der Waals surface area contributed by atoms with Gasteiger partial charge in [-0.25, -0.2) is 4.39 Å². The molecule has 0 unspecified atom stereocenters. The topological polar surface area (TPSA) is 60.6 Å². The standard InChI is InChI=1S/C22H18FN3O3S/c23-16-5-3-15(4-6-16)22-25-24-21(29-22)14-26(13-18-2-1-11-30-18)17-7-8-19-20(12-17)28-10-9-27-19/h1-8,11-12H,9-10,13-14H2. The van der Waals surface area contributed by atoms with Crippen molar-refractivity contribution in [2.75, 3.05) is 18.1 Å². The van der Waals surface area contributed by atoms with Crippen molar-refractivity contribution < 1.29 is 18.3 Å². The van der Waals surface area contributed by atoms with Crippen molar-refractivity contribution in [3.8, 4) is 23.0 Å². The van der Waals surface area contributed by atoms with Gasteiger partial charge >= 0.3 is 0 Å². The van der Waals surface area contributed by atoms with Gasteiger partial charge in [-0.05, 0) is 47.8 Å². The molecule has 0 radical (unpaired) electrons. The third kappa shape index (κ3) is 3.99. The first kappa shape index (κ1) is 18.6. The summed E-state index contributed by atoms with van der Waals surface area (Å²) in [7, 11) is 0. The molecule has 0 bridgehead atoms. The first-order chi connectivity index (χ1) is 14.7.